The van der Waals surface area contributed by atoms with Gasteiger partial charge in [-0.2, -0.15) is 5.10 Å². The number of carbonyl (C=O) groups is 1. The van der Waals surface area contributed by atoms with Crippen LogP contribution in [0.5, 0.6) is 0 Å². The number of benzene rings is 1. The van der Waals surface area contributed by atoms with Gasteiger partial charge in [-0.05, 0) is 18.2 Å². The molecular weight excluding hydrogens is 276 g/mol. The predicted molar refractivity (Wildman–Crippen MR) is 78.5 cm³/mol. The Kier molecular flexibility index (Phi) is 4.41. The Labute approximate surface area is 121 Å². The van der Waals surface area contributed by atoms with E-state index >= 15 is 0 Å². The van der Waals surface area contributed by atoms with Crippen LogP contribution >= 0.6 is 11.6 Å². The van der Waals surface area contributed by atoms with Crippen molar-refractivity contribution < 1.29 is 4.79 Å². The monoisotopic (exact) mass is 288 g/mol. The molecule has 0 atom stereocenters. The summed E-state index contributed by atoms with van der Waals surface area (Å²) in [4.78, 5) is 12.0. The second-order valence-electron chi connectivity index (χ2n) is 4.06. The van der Waals surface area contributed by atoms with E-state index in [4.69, 9.17) is 17.3 Å². The Morgan fingerprint density at radius 2 is 2.35 bits per heavy atom. The Bertz CT molecular complexity index is 697. The lowest BCUT2D eigenvalue weighted by Gasteiger charge is -2.05. The van der Waals surface area contributed by atoms with Gasteiger partial charge in [0.25, 0.3) is 5.91 Å². The largest absolute Gasteiger partial charge is 0.322 e. The third kappa shape index (κ3) is 3.38. The number of hydrogen-bond acceptors (Lipinski definition) is 3. The summed E-state index contributed by atoms with van der Waals surface area (Å²) in [5, 5.41) is 7.23. The van der Waals surface area contributed by atoms with Gasteiger partial charge in [-0.15, -0.1) is 0 Å². The number of carbonyl (C=O) groups excluding carboxylic acids is 1. The molecule has 0 aliphatic heterocycles. The number of nitrogens with two attached hydrogens (primary N) is 1. The molecule has 0 fully saturated rings. The van der Waals surface area contributed by atoms with Crippen LogP contribution in [0.2, 0.25) is 5.02 Å². The molecule has 0 unspecified atom stereocenters. The van der Waals surface area contributed by atoms with Crippen LogP contribution in [-0.4, -0.2) is 22.2 Å². The van der Waals surface area contributed by atoms with Gasteiger partial charge in [0.05, 0.1) is 23.3 Å². The summed E-state index contributed by atoms with van der Waals surface area (Å²) in [7, 11) is 1.75. The highest BCUT2D eigenvalue weighted by Crippen LogP contribution is 2.20. The fourth-order valence-electron chi connectivity index (χ4n) is 1.59. The highest BCUT2D eigenvalue weighted by molar-refractivity contribution is 6.31. The summed E-state index contributed by atoms with van der Waals surface area (Å²) >= 11 is 6.02. The number of aryl methyl sites for hydroxylation is 1. The third-order valence-electron chi connectivity index (χ3n) is 2.52. The van der Waals surface area contributed by atoms with Crippen LogP contribution in [0, 0.1) is 11.8 Å². The molecule has 20 heavy (non-hydrogen) atoms. The first kappa shape index (κ1) is 14.1. The Hall–Kier alpha value is -2.29. The quantitative estimate of drug-likeness (QED) is 0.825. The number of anilines is 1. The molecule has 1 amide bonds. The van der Waals surface area contributed by atoms with Crippen molar-refractivity contribution in [1.29, 1.82) is 0 Å². The number of aromatic nitrogens is 2. The molecule has 2 rings (SSSR count). The number of halogens is 1. The maximum absolute atomic E-state index is 12.0. The van der Waals surface area contributed by atoms with Crippen LogP contribution in [0.1, 0.15) is 15.9 Å². The highest BCUT2D eigenvalue weighted by Gasteiger charge is 2.09. The zero-order chi connectivity index (χ0) is 14.5. The summed E-state index contributed by atoms with van der Waals surface area (Å²) in [6.45, 7) is 0.253. The zero-order valence-corrected chi connectivity index (χ0v) is 11.6. The van der Waals surface area contributed by atoms with Gasteiger partial charge in [0.15, 0.2) is 0 Å². The first-order valence-corrected chi connectivity index (χ1v) is 6.26. The molecule has 0 bridgehead atoms. The van der Waals surface area contributed by atoms with Crippen LogP contribution in [0.3, 0.4) is 0 Å². The third-order valence-corrected chi connectivity index (χ3v) is 2.85. The summed E-state index contributed by atoms with van der Waals surface area (Å²) in [5.74, 6) is 5.35. The Balaban J connectivity index is 2.19. The smallest absolute Gasteiger partial charge is 0.258 e. The van der Waals surface area contributed by atoms with Gasteiger partial charge in [-0.1, -0.05) is 23.4 Å². The lowest BCUT2D eigenvalue weighted by atomic mass is 10.2. The second kappa shape index (κ2) is 6.24. The van der Waals surface area contributed by atoms with Gasteiger partial charge in [0.1, 0.15) is 0 Å². The fraction of sp³-hybridized carbons (Fsp3) is 0.143. The van der Waals surface area contributed by atoms with Crippen molar-refractivity contribution in [2.24, 2.45) is 12.8 Å². The molecule has 6 heteroatoms. The van der Waals surface area contributed by atoms with Crippen molar-refractivity contribution >= 4 is 23.2 Å². The van der Waals surface area contributed by atoms with Crippen molar-refractivity contribution in [2.45, 2.75) is 0 Å². The van der Waals surface area contributed by atoms with E-state index in [0.29, 0.717) is 21.8 Å². The van der Waals surface area contributed by atoms with E-state index in [-0.39, 0.29) is 12.5 Å². The van der Waals surface area contributed by atoms with Crippen molar-refractivity contribution in [3.63, 3.8) is 0 Å². The molecule has 0 aliphatic rings. The van der Waals surface area contributed by atoms with E-state index in [9.17, 15) is 4.79 Å². The van der Waals surface area contributed by atoms with Crippen molar-refractivity contribution in [1.82, 2.24) is 9.78 Å². The average Bonchev–Trinajstić information content (AvgIpc) is 2.86. The number of rotatable bonds is 2. The van der Waals surface area contributed by atoms with Crippen LogP contribution in [-0.2, 0) is 7.05 Å². The van der Waals surface area contributed by atoms with E-state index in [1.165, 1.54) is 6.20 Å². The number of nitrogens with one attached hydrogen (secondary N) is 1. The van der Waals surface area contributed by atoms with Crippen molar-refractivity contribution in [2.75, 3.05) is 11.9 Å². The van der Waals surface area contributed by atoms with Crippen LogP contribution in [0.25, 0.3) is 0 Å². The van der Waals surface area contributed by atoms with E-state index in [0.717, 1.165) is 0 Å². The highest BCUT2D eigenvalue weighted by atomic mass is 35.5. The molecule has 2 aromatic rings. The summed E-state index contributed by atoms with van der Waals surface area (Å²) in [6.07, 6.45) is 3.14. The Morgan fingerprint density at radius 1 is 1.55 bits per heavy atom. The lowest BCUT2D eigenvalue weighted by molar-refractivity contribution is 0.102. The normalized spacial score (nSPS) is 9.75. The molecule has 3 N–H and O–H groups in total. The number of nitrogens with zero attached hydrogens (tertiary/aromatic N) is 2. The molecule has 0 saturated heterocycles. The van der Waals surface area contributed by atoms with Crippen LogP contribution in [0.15, 0.2) is 30.6 Å². The van der Waals surface area contributed by atoms with Gasteiger partial charge >= 0.3 is 0 Å². The lowest BCUT2D eigenvalue weighted by Crippen LogP contribution is -2.11. The van der Waals surface area contributed by atoms with Gasteiger partial charge in [-0.25, -0.2) is 0 Å². The van der Waals surface area contributed by atoms with Crippen LogP contribution in [0.4, 0.5) is 5.69 Å². The minimum absolute atomic E-state index is 0.238. The van der Waals surface area contributed by atoms with Crippen LogP contribution < -0.4 is 11.1 Å². The molecule has 102 valence electrons. The minimum atomic E-state index is -0.238. The Morgan fingerprint density at radius 3 is 3.00 bits per heavy atom. The van der Waals surface area contributed by atoms with Gasteiger partial charge in [0, 0.05) is 24.5 Å². The predicted octanol–water partition coefficient (Wildman–Crippen LogP) is 1.64. The molecule has 1 aromatic carbocycles. The summed E-state index contributed by atoms with van der Waals surface area (Å²) in [6, 6.07) is 5.10. The maximum atomic E-state index is 12.0. The molecular formula is C14H13ClN4O. The molecule has 1 heterocycles. The topological polar surface area (TPSA) is 72.9 Å². The summed E-state index contributed by atoms with van der Waals surface area (Å²) in [5.41, 5.74) is 7.05. The minimum Gasteiger partial charge on any atom is -0.322 e. The van der Waals surface area contributed by atoms with Gasteiger partial charge in [-0.3, -0.25) is 9.48 Å². The maximum Gasteiger partial charge on any atom is 0.258 e. The van der Waals surface area contributed by atoms with Gasteiger partial charge in [0.2, 0.25) is 0 Å². The second-order valence-corrected chi connectivity index (χ2v) is 4.46. The van der Waals surface area contributed by atoms with E-state index < -0.39 is 0 Å². The van der Waals surface area contributed by atoms with Crippen molar-refractivity contribution in [3.8, 4) is 11.8 Å². The number of amides is 1. The molecule has 1 aromatic heterocycles. The number of hydrogen-bond donors (Lipinski definition) is 2. The molecule has 0 saturated carbocycles. The molecule has 0 spiro atoms. The SMILES string of the molecule is Cn1cc(C(=O)Nc2ccc(Cl)c(C#CCN)c2)cn1. The zero-order valence-electron chi connectivity index (χ0n) is 10.9. The molecule has 0 aliphatic carbocycles. The molecule has 0 radical (unpaired) electrons. The molecule has 5 nitrogen and oxygen atoms in total. The average molecular weight is 289 g/mol. The van der Waals surface area contributed by atoms with E-state index in [1.54, 1.807) is 36.1 Å². The van der Waals surface area contributed by atoms with E-state index in [2.05, 4.69) is 22.3 Å². The van der Waals surface area contributed by atoms with Crippen molar-refractivity contribution in [3.05, 3.63) is 46.7 Å². The first-order valence-electron chi connectivity index (χ1n) is 5.88. The standard InChI is InChI=1S/C14H13ClN4O/c1-19-9-11(8-17-19)14(20)18-12-4-5-13(15)10(7-12)3-2-6-16/h4-5,7-9H,6,16H2,1H3,(H,18,20). The van der Waals surface area contributed by atoms with E-state index in [1.807, 2.05) is 0 Å². The fourth-order valence-corrected chi connectivity index (χ4v) is 1.75. The first-order chi connectivity index (χ1) is 9.60. The van der Waals surface area contributed by atoms with Gasteiger partial charge < -0.3 is 11.1 Å². The summed E-state index contributed by atoms with van der Waals surface area (Å²) < 4.78 is 1.56.